The molecule has 3 aromatic rings. The fourth-order valence-electron chi connectivity index (χ4n) is 3.75. The van der Waals surface area contributed by atoms with Gasteiger partial charge in [-0.2, -0.15) is 4.98 Å². The monoisotopic (exact) mass is 639 g/mol. The Kier molecular flexibility index (Phi) is 10.5. The highest BCUT2D eigenvalue weighted by molar-refractivity contribution is 7.90. The molecule has 3 rings (SSSR count). The summed E-state index contributed by atoms with van der Waals surface area (Å²) in [6.07, 6.45) is -0.0550. The summed E-state index contributed by atoms with van der Waals surface area (Å²) in [6.45, 7) is 8.18. The number of carbonyl (C=O) groups excluding carboxylic acids is 3. The predicted octanol–water partition coefficient (Wildman–Crippen LogP) is 4.65. The van der Waals surface area contributed by atoms with E-state index in [1.165, 1.54) is 42.9 Å². The van der Waals surface area contributed by atoms with Gasteiger partial charge >= 0.3 is 18.2 Å². The standard InChI is InChI=1S/C27H34ClN5O9S/c1-8-9-19(29-25(35)42-27(3,4)5)23(34)40-16(2)41-26(36)33(24-30-22-13-10-17(28)15-32(22)31-24)20-12-11-18(43(7,37)38)14-21(20)39-6/h10-16,19H,8-9H2,1-7H3,(H,29,35)/t16?,19-/m0/s1. The van der Waals surface area contributed by atoms with Crippen LogP contribution in [-0.4, -0.2) is 72.5 Å². The average Bonchev–Trinajstić information content (AvgIpc) is 3.29. The number of halogens is 1. The SMILES string of the molecule is CCC[C@H](NC(=O)OC(C)(C)C)C(=O)OC(C)OC(=O)N(c1nc2ccc(Cl)cn2n1)c1ccc(S(C)(=O)=O)cc1OC. The first-order chi connectivity index (χ1) is 20.0. The summed E-state index contributed by atoms with van der Waals surface area (Å²) < 4.78 is 47.0. The molecule has 0 bridgehead atoms. The Hall–Kier alpha value is -4.11. The molecule has 2 aromatic heterocycles. The quantitative estimate of drug-likeness (QED) is 0.242. The van der Waals surface area contributed by atoms with Crippen molar-refractivity contribution in [2.24, 2.45) is 0 Å². The number of nitrogens with one attached hydrogen (secondary N) is 1. The van der Waals surface area contributed by atoms with Gasteiger partial charge in [0.05, 0.1) is 22.7 Å². The molecule has 0 aliphatic heterocycles. The van der Waals surface area contributed by atoms with Crippen LogP contribution in [0.2, 0.25) is 5.02 Å². The molecule has 1 unspecified atom stereocenters. The summed E-state index contributed by atoms with van der Waals surface area (Å²) >= 11 is 6.07. The van der Waals surface area contributed by atoms with Crippen molar-refractivity contribution in [3.63, 3.8) is 0 Å². The van der Waals surface area contributed by atoms with Crippen molar-refractivity contribution in [2.45, 2.75) is 70.3 Å². The highest BCUT2D eigenvalue weighted by atomic mass is 35.5. The Labute approximate surface area is 254 Å². The highest BCUT2D eigenvalue weighted by Crippen LogP contribution is 2.35. The molecule has 0 saturated heterocycles. The van der Waals surface area contributed by atoms with Gasteiger partial charge in [-0.05, 0) is 51.5 Å². The van der Waals surface area contributed by atoms with Crippen LogP contribution >= 0.6 is 11.6 Å². The number of sulfone groups is 1. The van der Waals surface area contributed by atoms with Crippen LogP contribution in [0.25, 0.3) is 5.65 Å². The van der Waals surface area contributed by atoms with E-state index in [1.807, 2.05) is 6.92 Å². The Balaban J connectivity index is 1.91. The number of hydrogen-bond acceptors (Lipinski definition) is 11. The fraction of sp³-hybridized carbons (Fsp3) is 0.444. The second-order valence-corrected chi connectivity index (χ2v) is 12.8. The van der Waals surface area contributed by atoms with Gasteiger partial charge in [0.15, 0.2) is 15.5 Å². The molecule has 2 amide bonds. The fourth-order valence-corrected chi connectivity index (χ4v) is 4.55. The van der Waals surface area contributed by atoms with Gasteiger partial charge in [-0.25, -0.2) is 32.2 Å². The molecule has 0 aliphatic carbocycles. The lowest BCUT2D eigenvalue weighted by Crippen LogP contribution is -2.45. The van der Waals surface area contributed by atoms with Crippen LogP contribution in [0.1, 0.15) is 47.5 Å². The van der Waals surface area contributed by atoms with Crippen LogP contribution in [-0.2, 0) is 28.8 Å². The maximum atomic E-state index is 13.6. The van der Waals surface area contributed by atoms with Gasteiger partial charge in [-0.1, -0.05) is 24.9 Å². The lowest BCUT2D eigenvalue weighted by molar-refractivity contribution is -0.167. The number of hydrogen-bond donors (Lipinski definition) is 1. The third-order valence-electron chi connectivity index (χ3n) is 5.59. The van der Waals surface area contributed by atoms with Crippen molar-refractivity contribution < 1.29 is 41.7 Å². The topological polar surface area (TPSA) is 168 Å². The van der Waals surface area contributed by atoms with E-state index in [-0.39, 0.29) is 28.7 Å². The molecule has 0 spiro atoms. The minimum Gasteiger partial charge on any atom is -0.495 e. The van der Waals surface area contributed by atoms with Crippen molar-refractivity contribution in [3.05, 3.63) is 41.6 Å². The van der Waals surface area contributed by atoms with Crippen molar-refractivity contribution >= 4 is 56.9 Å². The molecular weight excluding hydrogens is 606 g/mol. The second-order valence-electron chi connectivity index (χ2n) is 10.4. The molecule has 0 aliphatic rings. The number of alkyl carbamates (subject to hydrolysis) is 1. The van der Waals surface area contributed by atoms with E-state index in [0.717, 1.165) is 11.2 Å². The van der Waals surface area contributed by atoms with Gasteiger partial charge in [-0.15, -0.1) is 5.10 Å². The van der Waals surface area contributed by atoms with Gasteiger partial charge < -0.3 is 24.3 Å². The van der Waals surface area contributed by atoms with Crippen molar-refractivity contribution in [3.8, 4) is 5.75 Å². The maximum Gasteiger partial charge on any atom is 0.424 e. The van der Waals surface area contributed by atoms with Crippen LogP contribution in [0.4, 0.5) is 21.2 Å². The summed E-state index contributed by atoms with van der Waals surface area (Å²) in [4.78, 5) is 44.0. The summed E-state index contributed by atoms with van der Waals surface area (Å²) in [5.41, 5.74) is -0.413. The number of benzene rings is 1. The molecule has 234 valence electrons. The van der Waals surface area contributed by atoms with Crippen LogP contribution in [0, 0.1) is 0 Å². The van der Waals surface area contributed by atoms with Crippen LogP contribution in [0.3, 0.4) is 0 Å². The summed E-state index contributed by atoms with van der Waals surface area (Å²) in [5.74, 6) is -1.03. The smallest absolute Gasteiger partial charge is 0.424 e. The number of fused-ring (bicyclic) bond motifs is 1. The number of aromatic nitrogens is 3. The van der Waals surface area contributed by atoms with Gasteiger partial charge in [0.2, 0.25) is 6.29 Å². The molecule has 14 nitrogen and oxygen atoms in total. The minimum atomic E-state index is -3.61. The number of esters is 1. The third kappa shape index (κ3) is 8.94. The van der Waals surface area contributed by atoms with E-state index >= 15 is 0 Å². The molecule has 2 atom stereocenters. The average molecular weight is 640 g/mol. The molecule has 43 heavy (non-hydrogen) atoms. The predicted molar refractivity (Wildman–Crippen MR) is 156 cm³/mol. The van der Waals surface area contributed by atoms with E-state index in [4.69, 9.17) is 30.5 Å². The van der Waals surface area contributed by atoms with E-state index in [2.05, 4.69) is 15.4 Å². The number of rotatable bonds is 10. The number of methoxy groups -OCH3 is 1. The lowest BCUT2D eigenvalue weighted by atomic mass is 10.1. The van der Waals surface area contributed by atoms with Gasteiger partial charge in [-0.3, -0.25) is 0 Å². The molecular formula is C27H34ClN5O9S. The number of nitrogens with zero attached hydrogens (tertiary/aromatic N) is 4. The molecule has 0 fully saturated rings. The Morgan fingerprint density at radius 1 is 1.14 bits per heavy atom. The first kappa shape index (κ1) is 33.4. The lowest BCUT2D eigenvalue weighted by Gasteiger charge is -2.25. The van der Waals surface area contributed by atoms with Gasteiger partial charge in [0.1, 0.15) is 17.4 Å². The Morgan fingerprint density at radius 2 is 1.84 bits per heavy atom. The number of pyridine rings is 1. The molecule has 1 aromatic carbocycles. The highest BCUT2D eigenvalue weighted by Gasteiger charge is 2.32. The van der Waals surface area contributed by atoms with Gasteiger partial charge in [0.25, 0.3) is 5.95 Å². The van der Waals surface area contributed by atoms with Crippen molar-refractivity contribution in [1.82, 2.24) is 19.9 Å². The van der Waals surface area contributed by atoms with Crippen LogP contribution < -0.4 is 15.0 Å². The van der Waals surface area contributed by atoms with E-state index in [9.17, 15) is 22.8 Å². The van der Waals surface area contributed by atoms with E-state index in [1.54, 1.807) is 32.9 Å². The molecule has 1 N–H and O–H groups in total. The Bertz CT molecular complexity index is 1600. The zero-order chi connectivity index (χ0) is 32.1. The molecule has 16 heteroatoms. The molecule has 0 saturated carbocycles. The number of ether oxygens (including phenoxy) is 4. The number of amides is 2. The summed E-state index contributed by atoms with van der Waals surface area (Å²) in [5, 5.41) is 7.13. The van der Waals surface area contributed by atoms with E-state index in [0.29, 0.717) is 17.1 Å². The maximum absolute atomic E-state index is 13.6. The third-order valence-corrected chi connectivity index (χ3v) is 6.92. The summed E-state index contributed by atoms with van der Waals surface area (Å²) in [7, 11) is -2.32. The second kappa shape index (κ2) is 13.5. The Morgan fingerprint density at radius 3 is 2.44 bits per heavy atom. The molecule has 0 radical (unpaired) electrons. The normalized spacial score (nSPS) is 13.1. The van der Waals surface area contributed by atoms with Crippen LogP contribution in [0.15, 0.2) is 41.4 Å². The van der Waals surface area contributed by atoms with Crippen LogP contribution in [0.5, 0.6) is 5.75 Å². The number of anilines is 2. The van der Waals surface area contributed by atoms with Crippen molar-refractivity contribution in [2.75, 3.05) is 18.3 Å². The minimum absolute atomic E-state index is 0.00835. The summed E-state index contributed by atoms with van der Waals surface area (Å²) in [6, 6.07) is 5.93. The van der Waals surface area contributed by atoms with Crippen molar-refractivity contribution in [1.29, 1.82) is 0 Å². The van der Waals surface area contributed by atoms with E-state index < -0.39 is 45.9 Å². The zero-order valence-electron chi connectivity index (χ0n) is 24.8. The van der Waals surface area contributed by atoms with Gasteiger partial charge in [0, 0.05) is 25.4 Å². The molecule has 2 heterocycles. The first-order valence-corrected chi connectivity index (χ1v) is 15.4. The zero-order valence-corrected chi connectivity index (χ0v) is 26.4. The first-order valence-electron chi connectivity index (χ1n) is 13.1. The largest absolute Gasteiger partial charge is 0.495 e. The number of carbonyl (C=O) groups is 3.